The van der Waals surface area contributed by atoms with Gasteiger partial charge in [-0.3, -0.25) is 0 Å². The minimum atomic E-state index is 0.522. The van der Waals surface area contributed by atoms with Gasteiger partial charge in [0.25, 0.3) is 0 Å². The fraction of sp³-hybridized carbons (Fsp3) is 0.800. The molecule has 0 spiro atoms. The first-order valence-corrected chi connectivity index (χ1v) is 4.32. The zero-order chi connectivity index (χ0) is 12.2. The number of nitrogens with one attached hydrogen (secondary N) is 2. The van der Waals surface area contributed by atoms with Gasteiger partial charge in [-0.2, -0.15) is 0 Å². The molecule has 82 valence electrons. The predicted octanol–water partition coefficient (Wildman–Crippen LogP) is 2.88. The van der Waals surface area contributed by atoms with Crippen molar-refractivity contribution in [2.75, 3.05) is 0 Å². The van der Waals surface area contributed by atoms with E-state index in [0.717, 1.165) is 18.1 Å². The fourth-order valence-electron chi connectivity index (χ4n) is 1.22. The number of isocyanates is 2. The average Bonchev–Trinajstić information content (AvgIpc) is 1.83. The molecule has 4 nitrogen and oxygen atoms in total. The Balaban J connectivity index is -0.000000168. The van der Waals surface area contributed by atoms with Crippen molar-refractivity contribution in [3.05, 3.63) is 0 Å². The van der Waals surface area contributed by atoms with Crippen LogP contribution in [0.5, 0.6) is 0 Å². The van der Waals surface area contributed by atoms with Gasteiger partial charge in [0.1, 0.15) is 0 Å². The molecule has 0 radical (unpaired) electrons. The summed E-state index contributed by atoms with van der Waals surface area (Å²) in [5.74, 6) is 0.843. The number of hydrogen-bond acceptors (Lipinski definition) is 4. The maximum absolute atomic E-state index is 8.35. The molecule has 0 unspecified atom stereocenters. The SMILES string of the molecule is CC(C)CC(C)(C)C.N=C=O.N=C=O. The van der Waals surface area contributed by atoms with Gasteiger partial charge < -0.3 is 0 Å². The topological polar surface area (TPSA) is 81.8 Å². The molecule has 0 bridgehead atoms. The van der Waals surface area contributed by atoms with E-state index < -0.39 is 0 Å². The normalized spacial score (nSPS) is 8.43. The lowest BCUT2D eigenvalue weighted by Crippen LogP contribution is -2.08. The quantitative estimate of drug-likeness (QED) is 0.504. The maximum Gasteiger partial charge on any atom is 0.231 e. The monoisotopic (exact) mass is 200 g/mol. The van der Waals surface area contributed by atoms with Crippen LogP contribution >= 0.6 is 0 Å². The van der Waals surface area contributed by atoms with Crippen molar-refractivity contribution in [1.82, 2.24) is 0 Å². The Hall–Kier alpha value is -1.24. The van der Waals surface area contributed by atoms with E-state index in [2.05, 4.69) is 34.6 Å². The molecule has 2 N–H and O–H groups in total. The molecule has 0 saturated heterocycles. The molecular formula is C10H20N2O2. The largest absolute Gasteiger partial charge is 0.231 e. The lowest BCUT2D eigenvalue weighted by molar-refractivity contribution is 0.320. The Kier molecular flexibility index (Phi) is 15.6. The summed E-state index contributed by atoms with van der Waals surface area (Å²) < 4.78 is 0. The fourth-order valence-corrected chi connectivity index (χ4v) is 1.22. The van der Waals surface area contributed by atoms with Crippen molar-refractivity contribution in [1.29, 1.82) is 10.8 Å². The van der Waals surface area contributed by atoms with E-state index in [1.165, 1.54) is 6.42 Å². The third-order valence-corrected chi connectivity index (χ3v) is 1.02. The smallest absolute Gasteiger partial charge is 0.222 e. The van der Waals surface area contributed by atoms with E-state index in [1.807, 2.05) is 0 Å². The number of rotatable bonds is 1. The highest BCUT2D eigenvalue weighted by atomic mass is 16.1. The summed E-state index contributed by atoms with van der Waals surface area (Å²) in [4.78, 5) is 16.7. The van der Waals surface area contributed by atoms with Crippen molar-refractivity contribution >= 4 is 12.2 Å². The summed E-state index contributed by atoms with van der Waals surface area (Å²) in [5, 5.41) is 10.8. The molecule has 0 aromatic rings. The lowest BCUT2D eigenvalue weighted by Gasteiger charge is -2.19. The Morgan fingerprint density at radius 3 is 1.29 bits per heavy atom. The summed E-state index contributed by atoms with van der Waals surface area (Å²) in [5.41, 5.74) is 0.522. The summed E-state index contributed by atoms with van der Waals surface area (Å²) in [6.07, 6.45) is 2.83. The van der Waals surface area contributed by atoms with Crippen LogP contribution in [0.25, 0.3) is 0 Å². The molecule has 0 aromatic carbocycles. The second-order valence-electron chi connectivity index (χ2n) is 4.36. The molecule has 14 heavy (non-hydrogen) atoms. The Labute approximate surface area is 85.7 Å². The molecule has 0 heterocycles. The Morgan fingerprint density at radius 2 is 1.29 bits per heavy atom. The molecule has 0 aliphatic heterocycles. The lowest BCUT2D eigenvalue weighted by atomic mass is 9.86. The van der Waals surface area contributed by atoms with Crippen LogP contribution in [0.2, 0.25) is 0 Å². The Morgan fingerprint density at radius 1 is 1.07 bits per heavy atom. The van der Waals surface area contributed by atoms with E-state index in [-0.39, 0.29) is 0 Å². The summed E-state index contributed by atoms with van der Waals surface area (Å²) in [6, 6.07) is 0. The molecule has 0 aromatic heterocycles. The van der Waals surface area contributed by atoms with Gasteiger partial charge in [0.2, 0.25) is 12.2 Å². The summed E-state index contributed by atoms with van der Waals surface area (Å²) >= 11 is 0. The molecule has 0 amide bonds. The molecule has 0 atom stereocenters. The zero-order valence-corrected chi connectivity index (χ0v) is 9.60. The molecule has 0 saturated carbocycles. The van der Waals surface area contributed by atoms with Crippen LogP contribution < -0.4 is 0 Å². The van der Waals surface area contributed by atoms with Gasteiger partial charge >= 0.3 is 0 Å². The van der Waals surface area contributed by atoms with Gasteiger partial charge in [0.15, 0.2) is 0 Å². The molecule has 0 aliphatic carbocycles. The van der Waals surface area contributed by atoms with Crippen LogP contribution in [0.1, 0.15) is 41.0 Å². The van der Waals surface area contributed by atoms with Crippen LogP contribution in [-0.2, 0) is 9.59 Å². The van der Waals surface area contributed by atoms with Crippen molar-refractivity contribution in [3.8, 4) is 0 Å². The summed E-state index contributed by atoms with van der Waals surface area (Å²) in [7, 11) is 0. The van der Waals surface area contributed by atoms with Crippen molar-refractivity contribution < 1.29 is 9.59 Å². The highest BCUT2D eigenvalue weighted by Crippen LogP contribution is 2.23. The van der Waals surface area contributed by atoms with Crippen LogP contribution in [-0.4, -0.2) is 12.2 Å². The van der Waals surface area contributed by atoms with Crippen molar-refractivity contribution in [3.63, 3.8) is 0 Å². The van der Waals surface area contributed by atoms with Gasteiger partial charge in [-0.05, 0) is 17.8 Å². The second kappa shape index (κ2) is 11.8. The highest BCUT2D eigenvalue weighted by molar-refractivity contribution is 5.26. The highest BCUT2D eigenvalue weighted by Gasteiger charge is 2.11. The first kappa shape index (κ1) is 18.5. The van der Waals surface area contributed by atoms with Crippen LogP contribution in [0.3, 0.4) is 0 Å². The van der Waals surface area contributed by atoms with Gasteiger partial charge in [-0.1, -0.05) is 34.6 Å². The van der Waals surface area contributed by atoms with Gasteiger partial charge in [-0.25, -0.2) is 20.4 Å². The maximum atomic E-state index is 8.35. The zero-order valence-electron chi connectivity index (χ0n) is 9.60. The van der Waals surface area contributed by atoms with Gasteiger partial charge in [-0.15, -0.1) is 0 Å². The van der Waals surface area contributed by atoms with Crippen LogP contribution in [0.15, 0.2) is 0 Å². The molecular weight excluding hydrogens is 180 g/mol. The molecule has 4 heteroatoms. The van der Waals surface area contributed by atoms with E-state index in [1.54, 1.807) is 0 Å². The van der Waals surface area contributed by atoms with E-state index >= 15 is 0 Å². The van der Waals surface area contributed by atoms with Crippen molar-refractivity contribution in [2.45, 2.75) is 41.0 Å². The third-order valence-electron chi connectivity index (χ3n) is 1.02. The number of hydrogen-bond donors (Lipinski definition) is 2. The van der Waals surface area contributed by atoms with Gasteiger partial charge in [0, 0.05) is 0 Å². The first-order chi connectivity index (χ1) is 6.24. The van der Waals surface area contributed by atoms with E-state index in [4.69, 9.17) is 20.4 Å². The Bertz CT molecular complexity index is 169. The standard InChI is InChI=1S/C8H18.2CHNO/c1-7(2)6-8(3,4)5;2*2-1-3/h7H,6H2,1-5H3;2*2H. The third kappa shape index (κ3) is 72.5. The minimum Gasteiger partial charge on any atom is -0.222 e. The van der Waals surface area contributed by atoms with E-state index in [0.29, 0.717) is 5.41 Å². The van der Waals surface area contributed by atoms with Crippen molar-refractivity contribution in [2.24, 2.45) is 11.3 Å². The van der Waals surface area contributed by atoms with Crippen LogP contribution in [0, 0.1) is 22.2 Å². The minimum absolute atomic E-state index is 0.522. The average molecular weight is 200 g/mol. The second-order valence-corrected chi connectivity index (χ2v) is 4.36. The summed E-state index contributed by atoms with van der Waals surface area (Å²) in [6.45, 7) is 11.4. The molecule has 0 fully saturated rings. The molecule has 0 rings (SSSR count). The van der Waals surface area contributed by atoms with Gasteiger partial charge in [0.05, 0.1) is 0 Å². The molecule has 0 aliphatic rings. The number of carbonyl (C=O) groups excluding carboxylic acids is 2. The van der Waals surface area contributed by atoms with Crippen LogP contribution in [0.4, 0.5) is 0 Å². The first-order valence-electron chi connectivity index (χ1n) is 4.32. The predicted molar refractivity (Wildman–Crippen MR) is 55.7 cm³/mol. The van der Waals surface area contributed by atoms with E-state index in [9.17, 15) is 0 Å².